The highest BCUT2D eigenvalue weighted by atomic mass is 79.9. The number of rotatable bonds is 2. The molecule has 0 bridgehead atoms. The quantitative estimate of drug-likeness (QED) is 0.882. The van der Waals surface area contributed by atoms with Crippen LogP contribution in [0.2, 0.25) is 0 Å². The van der Waals surface area contributed by atoms with Crippen LogP contribution in [0.1, 0.15) is 31.2 Å². The Morgan fingerprint density at radius 1 is 1.53 bits per heavy atom. The van der Waals surface area contributed by atoms with E-state index in [9.17, 15) is 9.50 Å². The minimum absolute atomic E-state index is 0.0566. The summed E-state index contributed by atoms with van der Waals surface area (Å²) in [5, 5.41) is 10.5. The average molecular weight is 302 g/mol. The number of aliphatic hydroxyl groups is 1. The molecule has 3 N–H and O–H groups in total. The van der Waals surface area contributed by atoms with Crippen molar-refractivity contribution in [3.8, 4) is 0 Å². The molecule has 1 aromatic carbocycles. The van der Waals surface area contributed by atoms with Gasteiger partial charge in [0, 0.05) is 16.9 Å². The van der Waals surface area contributed by atoms with Crippen LogP contribution >= 0.6 is 15.9 Å². The topological polar surface area (TPSA) is 46.2 Å². The van der Waals surface area contributed by atoms with Gasteiger partial charge in [-0.1, -0.05) is 15.9 Å². The van der Waals surface area contributed by atoms with Crippen molar-refractivity contribution in [3.05, 3.63) is 34.1 Å². The van der Waals surface area contributed by atoms with E-state index in [1.165, 1.54) is 12.1 Å². The van der Waals surface area contributed by atoms with E-state index in [0.29, 0.717) is 12.8 Å². The fourth-order valence-corrected chi connectivity index (χ4v) is 2.97. The fourth-order valence-electron chi connectivity index (χ4n) is 2.58. The lowest BCUT2D eigenvalue weighted by molar-refractivity contribution is -0.00208. The first-order chi connectivity index (χ1) is 7.98. The number of benzene rings is 1. The Morgan fingerprint density at radius 2 is 2.29 bits per heavy atom. The van der Waals surface area contributed by atoms with Crippen LogP contribution in [0, 0.1) is 5.82 Å². The lowest BCUT2D eigenvalue weighted by Crippen LogP contribution is -2.42. The van der Waals surface area contributed by atoms with Gasteiger partial charge in [0.15, 0.2) is 0 Å². The van der Waals surface area contributed by atoms with Gasteiger partial charge in [0.1, 0.15) is 5.82 Å². The zero-order chi connectivity index (χ0) is 12.5. The standard InChI is InChI=1S/C13H17BrFNO/c14-12-4-3-10(15)6-9(12)7-13(17)5-1-2-11(16)8-13/h3-4,6,11,17H,1-2,5,7-8,16H2. The van der Waals surface area contributed by atoms with Crippen molar-refractivity contribution in [3.63, 3.8) is 0 Å². The Balaban J connectivity index is 2.16. The van der Waals surface area contributed by atoms with Crippen LogP contribution in [0.3, 0.4) is 0 Å². The molecule has 0 spiro atoms. The Kier molecular flexibility index (Phi) is 3.85. The summed E-state index contributed by atoms with van der Waals surface area (Å²) in [4.78, 5) is 0. The second kappa shape index (κ2) is 5.04. The molecule has 0 saturated heterocycles. The van der Waals surface area contributed by atoms with Crippen molar-refractivity contribution in [1.29, 1.82) is 0 Å². The molecular weight excluding hydrogens is 285 g/mol. The molecule has 0 amide bonds. The maximum absolute atomic E-state index is 13.2. The zero-order valence-electron chi connectivity index (χ0n) is 9.63. The summed E-state index contributed by atoms with van der Waals surface area (Å²) >= 11 is 3.39. The van der Waals surface area contributed by atoms with E-state index in [4.69, 9.17) is 5.73 Å². The van der Waals surface area contributed by atoms with E-state index < -0.39 is 5.60 Å². The first-order valence-corrected chi connectivity index (χ1v) is 6.70. The van der Waals surface area contributed by atoms with Gasteiger partial charge in [0.25, 0.3) is 0 Å². The van der Waals surface area contributed by atoms with Crippen LogP contribution in [0.4, 0.5) is 4.39 Å². The SMILES string of the molecule is NC1CCCC(O)(Cc2cc(F)ccc2Br)C1. The molecule has 0 radical (unpaired) electrons. The molecule has 1 saturated carbocycles. The number of hydrogen-bond acceptors (Lipinski definition) is 2. The molecule has 2 nitrogen and oxygen atoms in total. The monoisotopic (exact) mass is 301 g/mol. The molecule has 1 fully saturated rings. The highest BCUT2D eigenvalue weighted by Crippen LogP contribution is 2.32. The molecule has 2 unspecified atom stereocenters. The predicted octanol–water partition coefficient (Wildman–Crippen LogP) is 2.76. The van der Waals surface area contributed by atoms with Gasteiger partial charge in [-0.3, -0.25) is 0 Å². The van der Waals surface area contributed by atoms with Gasteiger partial charge in [-0.2, -0.15) is 0 Å². The Labute approximate surface area is 109 Å². The third-order valence-corrected chi connectivity index (χ3v) is 4.16. The molecule has 0 aliphatic heterocycles. The van der Waals surface area contributed by atoms with Gasteiger partial charge in [-0.15, -0.1) is 0 Å². The highest BCUT2D eigenvalue weighted by molar-refractivity contribution is 9.10. The zero-order valence-corrected chi connectivity index (χ0v) is 11.2. The van der Waals surface area contributed by atoms with Gasteiger partial charge in [0.2, 0.25) is 0 Å². The van der Waals surface area contributed by atoms with E-state index >= 15 is 0 Å². The van der Waals surface area contributed by atoms with E-state index in [0.717, 1.165) is 29.3 Å². The average Bonchev–Trinajstić information content (AvgIpc) is 2.22. The van der Waals surface area contributed by atoms with E-state index in [2.05, 4.69) is 15.9 Å². The maximum atomic E-state index is 13.2. The molecule has 94 valence electrons. The van der Waals surface area contributed by atoms with Gasteiger partial charge in [-0.05, 0) is 49.4 Å². The van der Waals surface area contributed by atoms with Crippen molar-refractivity contribution in [2.45, 2.75) is 43.7 Å². The maximum Gasteiger partial charge on any atom is 0.123 e. The van der Waals surface area contributed by atoms with Crippen molar-refractivity contribution in [1.82, 2.24) is 0 Å². The van der Waals surface area contributed by atoms with E-state index in [1.807, 2.05) is 0 Å². The highest BCUT2D eigenvalue weighted by Gasteiger charge is 2.33. The van der Waals surface area contributed by atoms with Crippen LogP contribution in [0.25, 0.3) is 0 Å². The predicted molar refractivity (Wildman–Crippen MR) is 69.2 cm³/mol. The van der Waals surface area contributed by atoms with Crippen LogP contribution in [-0.4, -0.2) is 16.7 Å². The Morgan fingerprint density at radius 3 is 3.00 bits per heavy atom. The van der Waals surface area contributed by atoms with E-state index in [1.54, 1.807) is 6.07 Å². The second-order valence-corrected chi connectivity index (χ2v) is 5.85. The molecule has 1 aromatic rings. The van der Waals surface area contributed by atoms with Crippen molar-refractivity contribution in [2.24, 2.45) is 5.73 Å². The molecule has 4 heteroatoms. The lowest BCUT2D eigenvalue weighted by atomic mass is 9.78. The van der Waals surface area contributed by atoms with Crippen LogP contribution in [0.5, 0.6) is 0 Å². The molecule has 0 heterocycles. The normalized spacial score (nSPS) is 29.3. The Hall–Kier alpha value is -0.450. The molecule has 2 rings (SSSR count). The van der Waals surface area contributed by atoms with Gasteiger partial charge < -0.3 is 10.8 Å². The van der Waals surface area contributed by atoms with Crippen molar-refractivity contribution >= 4 is 15.9 Å². The lowest BCUT2D eigenvalue weighted by Gasteiger charge is -2.35. The first-order valence-electron chi connectivity index (χ1n) is 5.90. The largest absolute Gasteiger partial charge is 0.389 e. The summed E-state index contributed by atoms with van der Waals surface area (Å²) in [6.45, 7) is 0. The van der Waals surface area contributed by atoms with Gasteiger partial charge in [-0.25, -0.2) is 4.39 Å². The summed E-state index contributed by atoms with van der Waals surface area (Å²) in [5.74, 6) is -0.271. The van der Waals surface area contributed by atoms with Crippen molar-refractivity contribution < 1.29 is 9.50 Å². The summed E-state index contributed by atoms with van der Waals surface area (Å²) in [6, 6.07) is 4.62. The van der Waals surface area contributed by atoms with Gasteiger partial charge in [0.05, 0.1) is 5.60 Å². The van der Waals surface area contributed by atoms with Gasteiger partial charge >= 0.3 is 0 Å². The summed E-state index contributed by atoms with van der Waals surface area (Å²) in [5.41, 5.74) is 5.91. The minimum atomic E-state index is -0.784. The number of halogens is 2. The number of nitrogens with two attached hydrogens (primary N) is 1. The van der Waals surface area contributed by atoms with Crippen LogP contribution < -0.4 is 5.73 Å². The molecule has 1 aliphatic carbocycles. The number of hydrogen-bond donors (Lipinski definition) is 2. The molecular formula is C13H17BrFNO. The third-order valence-electron chi connectivity index (χ3n) is 3.39. The Bertz CT molecular complexity index is 412. The minimum Gasteiger partial charge on any atom is -0.389 e. The first kappa shape index (κ1) is 13.0. The molecule has 0 aromatic heterocycles. The fraction of sp³-hybridized carbons (Fsp3) is 0.538. The van der Waals surface area contributed by atoms with Crippen molar-refractivity contribution in [2.75, 3.05) is 0 Å². The van der Waals surface area contributed by atoms with Crippen LogP contribution in [0.15, 0.2) is 22.7 Å². The summed E-state index contributed by atoms with van der Waals surface area (Å²) < 4.78 is 14.0. The van der Waals surface area contributed by atoms with E-state index in [-0.39, 0.29) is 11.9 Å². The molecule has 17 heavy (non-hydrogen) atoms. The molecule has 2 atom stereocenters. The summed E-state index contributed by atoms with van der Waals surface area (Å²) in [6.07, 6.45) is 3.69. The molecule has 1 aliphatic rings. The van der Waals surface area contributed by atoms with Crippen LogP contribution in [-0.2, 0) is 6.42 Å². The smallest absolute Gasteiger partial charge is 0.123 e. The second-order valence-electron chi connectivity index (χ2n) is 4.99. The third kappa shape index (κ3) is 3.27. The summed E-state index contributed by atoms with van der Waals surface area (Å²) in [7, 11) is 0.